The molecule has 1 N–H and O–H groups in total. The highest BCUT2D eigenvalue weighted by atomic mass is 79.9. The Kier molecular flexibility index (Phi) is 3.87. The van der Waals surface area contributed by atoms with Crippen LogP contribution < -0.4 is 4.74 Å². The van der Waals surface area contributed by atoms with E-state index in [0.29, 0.717) is 0 Å². The topological polar surface area (TPSA) is 29.5 Å². The summed E-state index contributed by atoms with van der Waals surface area (Å²) < 4.78 is 6.41. The van der Waals surface area contributed by atoms with E-state index in [4.69, 9.17) is 4.74 Å². The summed E-state index contributed by atoms with van der Waals surface area (Å²) in [6, 6.07) is 6.00. The lowest BCUT2D eigenvalue weighted by atomic mass is 9.81. The highest BCUT2D eigenvalue weighted by Gasteiger charge is 2.27. The Morgan fingerprint density at radius 1 is 1.31 bits per heavy atom. The number of hydrogen-bond acceptors (Lipinski definition) is 2. The first-order valence-corrected chi connectivity index (χ1v) is 6.53. The molecule has 3 heteroatoms. The van der Waals surface area contributed by atoms with Crippen LogP contribution in [0.5, 0.6) is 5.75 Å². The van der Waals surface area contributed by atoms with Gasteiger partial charge in [-0.15, -0.1) is 0 Å². The van der Waals surface area contributed by atoms with Crippen molar-refractivity contribution in [3.63, 3.8) is 0 Å². The average molecular weight is 285 g/mol. The van der Waals surface area contributed by atoms with E-state index in [1.165, 1.54) is 6.42 Å². The molecule has 1 fully saturated rings. The zero-order chi connectivity index (χ0) is 11.5. The van der Waals surface area contributed by atoms with Gasteiger partial charge in [0.25, 0.3) is 0 Å². The number of aliphatic hydroxyl groups excluding tert-OH is 1. The first kappa shape index (κ1) is 11.9. The van der Waals surface area contributed by atoms with Gasteiger partial charge in [0.1, 0.15) is 5.75 Å². The lowest BCUT2D eigenvalue weighted by molar-refractivity contribution is 0.105. The first-order chi connectivity index (χ1) is 7.72. The zero-order valence-corrected chi connectivity index (χ0v) is 11.0. The summed E-state index contributed by atoms with van der Waals surface area (Å²) in [4.78, 5) is 0. The molecule has 2 atom stereocenters. The quantitative estimate of drug-likeness (QED) is 0.901. The molecule has 0 bridgehead atoms. The Morgan fingerprint density at radius 3 is 2.75 bits per heavy atom. The van der Waals surface area contributed by atoms with Gasteiger partial charge in [-0.3, -0.25) is 0 Å². The van der Waals surface area contributed by atoms with Crippen molar-refractivity contribution in [2.75, 3.05) is 7.11 Å². The summed E-state index contributed by atoms with van der Waals surface area (Å²) in [5.41, 5.74) is 1.13. The van der Waals surface area contributed by atoms with Crippen molar-refractivity contribution in [1.29, 1.82) is 0 Å². The predicted octanol–water partition coefficient (Wildman–Crippen LogP) is 3.48. The summed E-state index contributed by atoms with van der Waals surface area (Å²) in [5.74, 6) is 1.11. The fourth-order valence-corrected chi connectivity index (χ4v) is 2.85. The van der Waals surface area contributed by atoms with Crippen molar-refractivity contribution in [3.8, 4) is 5.75 Å². The molecule has 2 nitrogen and oxygen atoms in total. The molecule has 88 valence electrons. The van der Waals surface area contributed by atoms with E-state index >= 15 is 0 Å². The lowest BCUT2D eigenvalue weighted by Crippen LogP contribution is -2.22. The molecule has 0 spiro atoms. The second-order valence-corrected chi connectivity index (χ2v) is 5.26. The van der Waals surface area contributed by atoms with Crippen molar-refractivity contribution in [3.05, 3.63) is 28.2 Å². The molecule has 1 aromatic carbocycles. The summed E-state index contributed by atoms with van der Waals surface area (Å²) in [6.45, 7) is 0. The summed E-state index contributed by atoms with van der Waals surface area (Å²) in [7, 11) is 1.68. The van der Waals surface area contributed by atoms with Crippen molar-refractivity contribution >= 4 is 15.9 Å². The standard InChI is InChI=1S/C13H17BrO2/c1-16-13-7-6-9(14)8-11(13)10-4-2-3-5-12(10)15/h6-8,10,12,15H,2-5H2,1H3. The Balaban J connectivity index is 2.33. The van der Waals surface area contributed by atoms with Crippen molar-refractivity contribution in [2.45, 2.75) is 37.7 Å². The SMILES string of the molecule is COc1ccc(Br)cc1C1CCCCC1O. The van der Waals surface area contributed by atoms with Crippen molar-refractivity contribution in [2.24, 2.45) is 0 Å². The fourth-order valence-electron chi connectivity index (χ4n) is 2.47. The minimum absolute atomic E-state index is 0.223. The molecule has 1 aliphatic carbocycles. The molecule has 0 radical (unpaired) electrons. The van der Waals surface area contributed by atoms with E-state index in [1.54, 1.807) is 7.11 Å². The molecular weight excluding hydrogens is 268 g/mol. The van der Waals surface area contributed by atoms with Crippen LogP contribution in [0.4, 0.5) is 0 Å². The molecule has 1 aromatic rings. The highest BCUT2D eigenvalue weighted by Crippen LogP contribution is 2.38. The number of hydrogen-bond donors (Lipinski definition) is 1. The number of methoxy groups -OCH3 is 1. The van der Waals surface area contributed by atoms with Gasteiger partial charge in [-0.2, -0.15) is 0 Å². The highest BCUT2D eigenvalue weighted by molar-refractivity contribution is 9.10. The van der Waals surface area contributed by atoms with Crippen molar-refractivity contribution in [1.82, 2.24) is 0 Å². The molecule has 1 aliphatic rings. The molecule has 1 saturated carbocycles. The van der Waals surface area contributed by atoms with Crippen LogP contribution >= 0.6 is 15.9 Å². The van der Waals surface area contributed by atoms with Crippen LogP contribution in [0.15, 0.2) is 22.7 Å². The average Bonchev–Trinajstić information content (AvgIpc) is 2.29. The molecule has 0 aromatic heterocycles. The minimum atomic E-state index is -0.225. The fraction of sp³-hybridized carbons (Fsp3) is 0.538. The van der Waals surface area contributed by atoms with Crippen LogP contribution in [0, 0.1) is 0 Å². The maximum absolute atomic E-state index is 10.1. The Labute approximate surface area is 105 Å². The van der Waals surface area contributed by atoms with Gasteiger partial charge < -0.3 is 9.84 Å². The largest absolute Gasteiger partial charge is 0.496 e. The second kappa shape index (κ2) is 5.19. The van der Waals surface area contributed by atoms with Gasteiger partial charge in [0.05, 0.1) is 13.2 Å². The van der Waals surface area contributed by atoms with Crippen molar-refractivity contribution < 1.29 is 9.84 Å². The lowest BCUT2D eigenvalue weighted by Gasteiger charge is -2.29. The number of benzene rings is 1. The second-order valence-electron chi connectivity index (χ2n) is 4.34. The minimum Gasteiger partial charge on any atom is -0.496 e. The molecule has 0 amide bonds. The molecule has 0 aliphatic heterocycles. The van der Waals surface area contributed by atoms with Gasteiger partial charge in [-0.05, 0) is 31.0 Å². The molecule has 0 saturated heterocycles. The molecule has 2 rings (SSSR count). The van der Waals surface area contributed by atoms with Crippen LogP contribution in [0.2, 0.25) is 0 Å². The van der Waals surface area contributed by atoms with Crippen LogP contribution in [-0.2, 0) is 0 Å². The predicted molar refractivity (Wildman–Crippen MR) is 67.9 cm³/mol. The van der Waals surface area contributed by atoms with Gasteiger partial charge in [0.15, 0.2) is 0 Å². The molecule has 16 heavy (non-hydrogen) atoms. The monoisotopic (exact) mass is 284 g/mol. The van der Waals surface area contributed by atoms with Crippen LogP contribution in [0.3, 0.4) is 0 Å². The number of aliphatic hydroxyl groups is 1. The van der Waals surface area contributed by atoms with Crippen LogP contribution in [0.25, 0.3) is 0 Å². The van der Waals surface area contributed by atoms with Gasteiger partial charge in [-0.1, -0.05) is 28.8 Å². The normalized spacial score (nSPS) is 25.4. The Hall–Kier alpha value is -0.540. The van der Waals surface area contributed by atoms with Gasteiger partial charge in [0.2, 0.25) is 0 Å². The first-order valence-electron chi connectivity index (χ1n) is 5.74. The summed E-state index contributed by atoms with van der Waals surface area (Å²) >= 11 is 3.47. The molecule has 2 unspecified atom stereocenters. The smallest absolute Gasteiger partial charge is 0.122 e. The van der Waals surface area contributed by atoms with E-state index in [1.807, 2.05) is 12.1 Å². The third-order valence-corrected chi connectivity index (χ3v) is 3.81. The summed E-state index contributed by atoms with van der Waals surface area (Å²) in [6.07, 6.45) is 4.05. The van der Waals surface area contributed by atoms with Crippen LogP contribution in [0.1, 0.15) is 37.2 Å². The maximum atomic E-state index is 10.1. The van der Waals surface area contributed by atoms with E-state index in [0.717, 1.165) is 35.0 Å². The molecular formula is C13H17BrO2. The van der Waals surface area contributed by atoms with Crippen LogP contribution in [-0.4, -0.2) is 18.3 Å². The van der Waals surface area contributed by atoms with E-state index < -0.39 is 0 Å². The van der Waals surface area contributed by atoms with E-state index in [2.05, 4.69) is 22.0 Å². The van der Waals surface area contributed by atoms with Gasteiger partial charge in [-0.25, -0.2) is 0 Å². The third kappa shape index (κ3) is 2.41. The Bertz CT molecular complexity index is 365. The number of halogens is 1. The van der Waals surface area contributed by atoms with E-state index in [-0.39, 0.29) is 12.0 Å². The molecule has 0 heterocycles. The van der Waals surface area contributed by atoms with Gasteiger partial charge >= 0.3 is 0 Å². The number of rotatable bonds is 2. The zero-order valence-electron chi connectivity index (χ0n) is 9.45. The maximum Gasteiger partial charge on any atom is 0.122 e. The Morgan fingerprint density at radius 2 is 2.06 bits per heavy atom. The summed E-state index contributed by atoms with van der Waals surface area (Å²) in [5, 5.41) is 10.1. The van der Waals surface area contributed by atoms with Gasteiger partial charge in [0, 0.05) is 16.0 Å². The third-order valence-electron chi connectivity index (χ3n) is 3.32. The number of ether oxygens (including phenoxy) is 1. The van der Waals surface area contributed by atoms with E-state index in [9.17, 15) is 5.11 Å².